The van der Waals surface area contributed by atoms with Crippen LogP contribution in [0.5, 0.6) is 0 Å². The minimum atomic E-state index is 0.0756. The summed E-state index contributed by atoms with van der Waals surface area (Å²) < 4.78 is 0. The Morgan fingerprint density at radius 3 is 2.75 bits per heavy atom. The maximum atomic E-state index is 12.7. The second kappa shape index (κ2) is 5.79. The first kappa shape index (κ1) is 13.4. The molecule has 1 amide bonds. The summed E-state index contributed by atoms with van der Waals surface area (Å²) in [6.45, 7) is 3.41. The van der Waals surface area contributed by atoms with Crippen LogP contribution in [0.2, 0.25) is 0 Å². The molecule has 108 valence electrons. The molecule has 2 saturated heterocycles. The van der Waals surface area contributed by atoms with Crippen molar-refractivity contribution in [2.45, 2.75) is 31.7 Å². The van der Waals surface area contributed by atoms with Crippen LogP contribution in [0, 0.1) is 0 Å². The van der Waals surface area contributed by atoms with E-state index in [1.165, 1.54) is 19.3 Å². The molecule has 2 N–H and O–H groups in total. The SMILES string of the molecule is N[C@@H]1CCN(C(=O)c2cccnc2N2CCCCC2)C1. The number of nitrogens with zero attached hydrogens (tertiary/aromatic N) is 3. The highest BCUT2D eigenvalue weighted by Crippen LogP contribution is 2.24. The molecule has 2 aliphatic rings. The standard InChI is InChI=1S/C15H22N4O/c16-12-6-10-19(11-12)15(20)13-5-4-7-17-14(13)18-8-2-1-3-9-18/h4-5,7,12H,1-3,6,8-11,16H2/t12-/m1/s1. The van der Waals surface area contributed by atoms with E-state index >= 15 is 0 Å². The Morgan fingerprint density at radius 1 is 1.25 bits per heavy atom. The van der Waals surface area contributed by atoms with Crippen LogP contribution in [-0.2, 0) is 0 Å². The van der Waals surface area contributed by atoms with Crippen LogP contribution in [-0.4, -0.2) is 48.0 Å². The van der Waals surface area contributed by atoms with E-state index in [2.05, 4.69) is 9.88 Å². The molecule has 20 heavy (non-hydrogen) atoms. The molecule has 0 aromatic carbocycles. The number of hydrogen-bond acceptors (Lipinski definition) is 4. The quantitative estimate of drug-likeness (QED) is 0.881. The smallest absolute Gasteiger partial charge is 0.257 e. The monoisotopic (exact) mass is 274 g/mol. The van der Waals surface area contributed by atoms with E-state index in [0.29, 0.717) is 6.54 Å². The van der Waals surface area contributed by atoms with Gasteiger partial charge in [0.2, 0.25) is 0 Å². The fraction of sp³-hybridized carbons (Fsp3) is 0.600. The van der Waals surface area contributed by atoms with E-state index in [1.807, 2.05) is 17.0 Å². The molecule has 3 heterocycles. The van der Waals surface area contributed by atoms with Gasteiger partial charge in [0.1, 0.15) is 5.82 Å². The average Bonchev–Trinajstić information content (AvgIpc) is 2.94. The van der Waals surface area contributed by atoms with E-state index in [4.69, 9.17) is 5.73 Å². The lowest BCUT2D eigenvalue weighted by atomic mass is 10.1. The molecule has 0 aliphatic carbocycles. The van der Waals surface area contributed by atoms with Crippen molar-refractivity contribution in [3.05, 3.63) is 23.9 Å². The summed E-state index contributed by atoms with van der Waals surface area (Å²) in [6.07, 6.45) is 6.30. The third kappa shape index (κ3) is 2.63. The third-order valence-corrected chi connectivity index (χ3v) is 4.18. The predicted octanol–water partition coefficient (Wildman–Crippen LogP) is 1.25. The zero-order chi connectivity index (χ0) is 13.9. The number of likely N-dealkylation sites (tertiary alicyclic amines) is 1. The highest BCUT2D eigenvalue weighted by Gasteiger charge is 2.28. The molecule has 0 radical (unpaired) electrons. The first-order chi connectivity index (χ1) is 9.75. The molecule has 3 rings (SSSR count). The van der Waals surface area contributed by atoms with Gasteiger partial charge in [-0.2, -0.15) is 0 Å². The number of nitrogens with two attached hydrogens (primary N) is 1. The summed E-state index contributed by atoms with van der Waals surface area (Å²) in [5.74, 6) is 0.921. The van der Waals surface area contributed by atoms with Crippen molar-refractivity contribution in [1.29, 1.82) is 0 Å². The Labute approximate surface area is 119 Å². The minimum absolute atomic E-state index is 0.0756. The van der Waals surface area contributed by atoms with Gasteiger partial charge in [-0.25, -0.2) is 4.98 Å². The van der Waals surface area contributed by atoms with E-state index in [0.717, 1.165) is 37.4 Å². The first-order valence-electron chi connectivity index (χ1n) is 7.50. The molecule has 2 fully saturated rings. The molecular weight excluding hydrogens is 252 g/mol. The minimum Gasteiger partial charge on any atom is -0.356 e. The lowest BCUT2D eigenvalue weighted by Crippen LogP contribution is -2.35. The van der Waals surface area contributed by atoms with Gasteiger partial charge in [-0.05, 0) is 37.8 Å². The van der Waals surface area contributed by atoms with Gasteiger partial charge in [0.15, 0.2) is 0 Å². The summed E-state index contributed by atoms with van der Waals surface area (Å²) in [4.78, 5) is 21.2. The van der Waals surface area contributed by atoms with Gasteiger partial charge in [-0.1, -0.05) is 0 Å². The van der Waals surface area contributed by atoms with Crippen molar-refractivity contribution in [3.8, 4) is 0 Å². The Kier molecular flexibility index (Phi) is 3.87. The number of aromatic nitrogens is 1. The topological polar surface area (TPSA) is 62.5 Å². The van der Waals surface area contributed by atoms with Gasteiger partial charge >= 0.3 is 0 Å². The average molecular weight is 274 g/mol. The van der Waals surface area contributed by atoms with Gasteiger partial charge in [0.25, 0.3) is 5.91 Å². The number of piperidine rings is 1. The van der Waals surface area contributed by atoms with Crippen molar-refractivity contribution in [2.75, 3.05) is 31.1 Å². The van der Waals surface area contributed by atoms with E-state index in [-0.39, 0.29) is 11.9 Å². The van der Waals surface area contributed by atoms with Crippen LogP contribution in [0.15, 0.2) is 18.3 Å². The van der Waals surface area contributed by atoms with Crippen LogP contribution in [0.25, 0.3) is 0 Å². The van der Waals surface area contributed by atoms with Crippen molar-refractivity contribution < 1.29 is 4.79 Å². The molecule has 1 aromatic heterocycles. The van der Waals surface area contributed by atoms with Gasteiger partial charge < -0.3 is 15.5 Å². The molecular formula is C15H22N4O. The van der Waals surface area contributed by atoms with Gasteiger partial charge in [0, 0.05) is 38.4 Å². The van der Waals surface area contributed by atoms with Gasteiger partial charge in [-0.3, -0.25) is 4.79 Å². The number of carbonyl (C=O) groups excluding carboxylic acids is 1. The number of amides is 1. The molecule has 1 aromatic rings. The Bertz CT molecular complexity index is 485. The lowest BCUT2D eigenvalue weighted by Gasteiger charge is -2.29. The fourth-order valence-corrected chi connectivity index (χ4v) is 3.06. The summed E-state index contributed by atoms with van der Waals surface area (Å²) in [5, 5.41) is 0. The van der Waals surface area contributed by atoms with Crippen LogP contribution < -0.4 is 10.6 Å². The Balaban J connectivity index is 1.83. The molecule has 1 atom stereocenters. The van der Waals surface area contributed by atoms with Crippen LogP contribution >= 0.6 is 0 Å². The Hall–Kier alpha value is -1.62. The molecule has 5 heteroatoms. The maximum Gasteiger partial charge on any atom is 0.257 e. The molecule has 0 bridgehead atoms. The fourth-order valence-electron chi connectivity index (χ4n) is 3.06. The van der Waals surface area contributed by atoms with E-state index in [9.17, 15) is 4.79 Å². The zero-order valence-electron chi connectivity index (χ0n) is 11.8. The summed E-state index contributed by atoms with van der Waals surface area (Å²) in [6, 6.07) is 3.86. The first-order valence-corrected chi connectivity index (χ1v) is 7.50. The highest BCUT2D eigenvalue weighted by molar-refractivity contribution is 5.99. The molecule has 5 nitrogen and oxygen atoms in total. The van der Waals surface area contributed by atoms with Gasteiger partial charge in [-0.15, -0.1) is 0 Å². The van der Waals surface area contributed by atoms with Gasteiger partial charge in [0.05, 0.1) is 5.56 Å². The summed E-state index contributed by atoms with van der Waals surface area (Å²) in [5.41, 5.74) is 6.63. The zero-order valence-corrected chi connectivity index (χ0v) is 11.8. The largest absolute Gasteiger partial charge is 0.356 e. The summed E-state index contributed by atoms with van der Waals surface area (Å²) in [7, 11) is 0. The number of carbonyl (C=O) groups is 1. The lowest BCUT2D eigenvalue weighted by molar-refractivity contribution is 0.0791. The van der Waals surface area contributed by atoms with Crippen LogP contribution in [0.3, 0.4) is 0 Å². The molecule has 2 aliphatic heterocycles. The van der Waals surface area contributed by atoms with Crippen LogP contribution in [0.1, 0.15) is 36.0 Å². The number of pyridine rings is 1. The number of hydrogen-bond donors (Lipinski definition) is 1. The second-order valence-corrected chi connectivity index (χ2v) is 5.72. The second-order valence-electron chi connectivity index (χ2n) is 5.72. The highest BCUT2D eigenvalue weighted by atomic mass is 16.2. The predicted molar refractivity (Wildman–Crippen MR) is 78.8 cm³/mol. The molecule has 0 unspecified atom stereocenters. The van der Waals surface area contributed by atoms with E-state index < -0.39 is 0 Å². The Morgan fingerprint density at radius 2 is 2.05 bits per heavy atom. The maximum absolute atomic E-state index is 12.7. The number of anilines is 1. The van der Waals surface area contributed by atoms with E-state index in [1.54, 1.807) is 6.20 Å². The summed E-state index contributed by atoms with van der Waals surface area (Å²) >= 11 is 0. The number of rotatable bonds is 2. The van der Waals surface area contributed by atoms with Crippen molar-refractivity contribution in [1.82, 2.24) is 9.88 Å². The van der Waals surface area contributed by atoms with Crippen molar-refractivity contribution >= 4 is 11.7 Å². The molecule has 0 saturated carbocycles. The normalized spacial score (nSPS) is 23.1. The van der Waals surface area contributed by atoms with Crippen molar-refractivity contribution in [2.24, 2.45) is 5.73 Å². The van der Waals surface area contributed by atoms with Crippen molar-refractivity contribution in [3.63, 3.8) is 0 Å². The third-order valence-electron chi connectivity index (χ3n) is 4.18. The molecule has 0 spiro atoms. The van der Waals surface area contributed by atoms with Crippen LogP contribution in [0.4, 0.5) is 5.82 Å².